The fourth-order valence-corrected chi connectivity index (χ4v) is 2.65. The lowest BCUT2D eigenvalue weighted by Crippen LogP contribution is -2.04. The predicted molar refractivity (Wildman–Crippen MR) is 91.4 cm³/mol. The van der Waals surface area contributed by atoms with Gasteiger partial charge in [-0.1, -0.05) is 66.7 Å². The number of hydrogen-bond acceptors (Lipinski definition) is 3. The third kappa shape index (κ3) is 3.65. The Morgan fingerprint density at radius 2 is 1.65 bits per heavy atom. The van der Waals surface area contributed by atoms with E-state index < -0.39 is 0 Å². The molecule has 0 radical (unpaired) electrons. The molecule has 0 aromatic heterocycles. The highest BCUT2D eigenvalue weighted by Gasteiger charge is 2.10. The van der Waals surface area contributed by atoms with E-state index in [1.54, 1.807) is 6.08 Å². The highest BCUT2D eigenvalue weighted by molar-refractivity contribution is 5.88. The number of aliphatic imine (C=N–C) groups is 1. The summed E-state index contributed by atoms with van der Waals surface area (Å²) in [7, 11) is 0. The summed E-state index contributed by atoms with van der Waals surface area (Å²) in [6, 6.07) is 23.6. The standard InChI is InChI=1S/C20H17NO2/c22-15-21-19(17-8-2-1-3-9-17)13-14-23-20-12-6-10-16-7-4-5-11-18(16)20/h1-12,19H,13-14H2. The van der Waals surface area contributed by atoms with E-state index in [2.05, 4.69) is 17.1 Å². The van der Waals surface area contributed by atoms with Crippen LogP contribution in [0.25, 0.3) is 10.8 Å². The van der Waals surface area contributed by atoms with Crippen molar-refractivity contribution in [2.75, 3.05) is 6.61 Å². The Kier molecular flexibility index (Phi) is 4.82. The van der Waals surface area contributed by atoms with Gasteiger partial charge in [0.15, 0.2) is 0 Å². The second kappa shape index (κ2) is 7.39. The maximum atomic E-state index is 10.7. The molecule has 0 N–H and O–H groups in total. The predicted octanol–water partition coefficient (Wildman–Crippen LogP) is 4.69. The number of ether oxygens (including phenoxy) is 1. The summed E-state index contributed by atoms with van der Waals surface area (Å²) in [5, 5.41) is 2.24. The van der Waals surface area contributed by atoms with Crippen LogP contribution in [0, 0.1) is 0 Å². The second-order valence-electron chi connectivity index (χ2n) is 5.26. The summed E-state index contributed by atoms with van der Waals surface area (Å²) in [6.45, 7) is 0.485. The van der Waals surface area contributed by atoms with Crippen molar-refractivity contribution < 1.29 is 9.53 Å². The quantitative estimate of drug-likeness (QED) is 0.489. The summed E-state index contributed by atoms with van der Waals surface area (Å²) in [4.78, 5) is 14.6. The fourth-order valence-electron chi connectivity index (χ4n) is 2.65. The molecule has 3 aromatic carbocycles. The van der Waals surface area contributed by atoms with E-state index >= 15 is 0 Å². The Hall–Kier alpha value is -2.90. The van der Waals surface area contributed by atoms with Gasteiger partial charge in [-0.2, -0.15) is 4.99 Å². The number of fused-ring (bicyclic) bond motifs is 1. The number of nitrogens with zero attached hydrogens (tertiary/aromatic N) is 1. The average molecular weight is 303 g/mol. The van der Waals surface area contributed by atoms with E-state index in [1.807, 2.05) is 60.7 Å². The van der Waals surface area contributed by atoms with Crippen LogP contribution in [0.5, 0.6) is 5.75 Å². The summed E-state index contributed by atoms with van der Waals surface area (Å²) in [5.74, 6) is 0.852. The highest BCUT2D eigenvalue weighted by Crippen LogP contribution is 2.26. The lowest BCUT2D eigenvalue weighted by Gasteiger charge is -2.13. The molecule has 114 valence electrons. The molecule has 3 rings (SSSR count). The molecule has 1 atom stereocenters. The van der Waals surface area contributed by atoms with Crippen molar-refractivity contribution in [1.29, 1.82) is 0 Å². The molecule has 3 heteroatoms. The third-order valence-corrected chi connectivity index (χ3v) is 3.79. The normalized spacial score (nSPS) is 11.7. The molecule has 0 aliphatic carbocycles. The van der Waals surface area contributed by atoms with Gasteiger partial charge in [0.1, 0.15) is 5.75 Å². The van der Waals surface area contributed by atoms with Crippen molar-refractivity contribution in [2.45, 2.75) is 12.5 Å². The van der Waals surface area contributed by atoms with Crippen LogP contribution in [-0.4, -0.2) is 12.7 Å². The average Bonchev–Trinajstić information content (AvgIpc) is 2.62. The molecule has 0 spiro atoms. The zero-order valence-electron chi connectivity index (χ0n) is 12.7. The zero-order chi connectivity index (χ0) is 15.9. The summed E-state index contributed by atoms with van der Waals surface area (Å²) in [6.07, 6.45) is 2.29. The molecule has 0 amide bonds. The van der Waals surface area contributed by atoms with Gasteiger partial charge in [0.25, 0.3) is 0 Å². The van der Waals surface area contributed by atoms with Crippen molar-refractivity contribution >= 4 is 16.9 Å². The molecular weight excluding hydrogens is 286 g/mol. The number of carbonyl (C=O) groups excluding carboxylic acids is 1. The number of hydrogen-bond donors (Lipinski definition) is 0. The van der Waals surface area contributed by atoms with E-state index in [0.717, 1.165) is 22.1 Å². The van der Waals surface area contributed by atoms with Crippen LogP contribution in [0.15, 0.2) is 77.8 Å². The highest BCUT2D eigenvalue weighted by atomic mass is 16.5. The molecular formula is C20H17NO2. The van der Waals surface area contributed by atoms with Crippen molar-refractivity contribution in [2.24, 2.45) is 4.99 Å². The van der Waals surface area contributed by atoms with Crippen LogP contribution in [0.4, 0.5) is 0 Å². The Labute approximate surface area is 135 Å². The topological polar surface area (TPSA) is 38.7 Å². The van der Waals surface area contributed by atoms with E-state index in [-0.39, 0.29) is 6.04 Å². The molecule has 0 aliphatic heterocycles. The fraction of sp³-hybridized carbons (Fsp3) is 0.150. The Bertz CT molecular complexity index is 818. The van der Waals surface area contributed by atoms with Crippen LogP contribution >= 0.6 is 0 Å². The van der Waals surface area contributed by atoms with E-state index in [0.29, 0.717) is 13.0 Å². The van der Waals surface area contributed by atoms with E-state index in [4.69, 9.17) is 4.74 Å². The molecule has 0 bridgehead atoms. The summed E-state index contributed by atoms with van der Waals surface area (Å²) < 4.78 is 5.93. The third-order valence-electron chi connectivity index (χ3n) is 3.79. The van der Waals surface area contributed by atoms with Gasteiger partial charge >= 0.3 is 0 Å². The zero-order valence-corrected chi connectivity index (χ0v) is 12.7. The minimum absolute atomic E-state index is 0.219. The molecule has 0 heterocycles. The Morgan fingerprint density at radius 3 is 2.48 bits per heavy atom. The molecule has 0 fully saturated rings. The van der Waals surface area contributed by atoms with E-state index in [1.165, 1.54) is 0 Å². The first-order valence-electron chi connectivity index (χ1n) is 7.61. The SMILES string of the molecule is O=C=NC(CCOc1cccc2ccccc12)c1ccccc1. The van der Waals surface area contributed by atoms with Crippen molar-refractivity contribution in [3.63, 3.8) is 0 Å². The minimum Gasteiger partial charge on any atom is -0.493 e. The van der Waals surface area contributed by atoms with Gasteiger partial charge in [0, 0.05) is 11.8 Å². The maximum Gasteiger partial charge on any atom is 0.235 e. The van der Waals surface area contributed by atoms with Gasteiger partial charge < -0.3 is 4.74 Å². The van der Waals surface area contributed by atoms with Gasteiger partial charge in [-0.15, -0.1) is 0 Å². The molecule has 0 saturated carbocycles. The van der Waals surface area contributed by atoms with Crippen LogP contribution in [0.2, 0.25) is 0 Å². The summed E-state index contributed by atoms with van der Waals surface area (Å²) >= 11 is 0. The molecule has 3 aromatic rings. The van der Waals surface area contributed by atoms with Crippen molar-refractivity contribution in [3.05, 3.63) is 78.4 Å². The maximum absolute atomic E-state index is 10.7. The smallest absolute Gasteiger partial charge is 0.235 e. The monoisotopic (exact) mass is 303 g/mol. The van der Waals surface area contributed by atoms with Crippen LogP contribution in [0.1, 0.15) is 18.0 Å². The molecule has 23 heavy (non-hydrogen) atoms. The van der Waals surface area contributed by atoms with Crippen molar-refractivity contribution in [1.82, 2.24) is 0 Å². The largest absolute Gasteiger partial charge is 0.493 e. The molecule has 3 nitrogen and oxygen atoms in total. The first-order valence-corrected chi connectivity index (χ1v) is 7.61. The minimum atomic E-state index is -0.219. The van der Waals surface area contributed by atoms with E-state index in [9.17, 15) is 4.79 Å². The Balaban J connectivity index is 1.71. The first kappa shape index (κ1) is 15.0. The van der Waals surface area contributed by atoms with Gasteiger partial charge in [0.2, 0.25) is 6.08 Å². The number of rotatable bonds is 6. The van der Waals surface area contributed by atoms with Crippen LogP contribution in [-0.2, 0) is 4.79 Å². The number of benzene rings is 3. The Morgan fingerprint density at radius 1 is 0.913 bits per heavy atom. The van der Waals surface area contributed by atoms with Crippen molar-refractivity contribution in [3.8, 4) is 5.75 Å². The second-order valence-corrected chi connectivity index (χ2v) is 5.26. The van der Waals surface area contributed by atoms with Crippen LogP contribution < -0.4 is 4.74 Å². The molecule has 0 aliphatic rings. The molecule has 0 saturated heterocycles. The van der Waals surface area contributed by atoms with Gasteiger partial charge in [-0.05, 0) is 17.0 Å². The first-order chi connectivity index (χ1) is 11.4. The van der Waals surface area contributed by atoms with Gasteiger partial charge in [-0.25, -0.2) is 4.79 Å². The summed E-state index contributed by atoms with van der Waals surface area (Å²) in [5.41, 5.74) is 0.998. The molecule has 1 unspecified atom stereocenters. The van der Waals surface area contributed by atoms with Crippen LogP contribution in [0.3, 0.4) is 0 Å². The lowest BCUT2D eigenvalue weighted by molar-refractivity contribution is 0.302. The number of isocyanates is 1. The van der Waals surface area contributed by atoms with Gasteiger partial charge in [0.05, 0.1) is 12.6 Å². The lowest BCUT2D eigenvalue weighted by atomic mass is 10.1. The van der Waals surface area contributed by atoms with Gasteiger partial charge in [-0.3, -0.25) is 0 Å².